The third kappa shape index (κ3) is 2.37. The Morgan fingerprint density at radius 2 is 1.93 bits per heavy atom. The van der Waals surface area contributed by atoms with Crippen LogP contribution in [0.1, 0.15) is 39.6 Å². The van der Waals surface area contributed by atoms with Gasteiger partial charge in [0.25, 0.3) is 6.43 Å². The lowest BCUT2D eigenvalue weighted by Crippen LogP contribution is -2.05. The minimum atomic E-state index is -2.86. The number of carboxylic acids is 1. The maximum Gasteiger partial charge on any atom is 0.336 e. The van der Waals surface area contributed by atoms with Gasteiger partial charge in [0.2, 0.25) is 0 Å². The lowest BCUT2D eigenvalue weighted by molar-refractivity contribution is 0.0684. The van der Waals surface area contributed by atoms with Crippen LogP contribution in [0.25, 0.3) is 0 Å². The van der Waals surface area contributed by atoms with Crippen LogP contribution in [-0.2, 0) is 0 Å². The molecule has 1 N–H and O–H groups in total. The molecule has 80 valence electrons. The van der Waals surface area contributed by atoms with Crippen LogP contribution in [0.15, 0.2) is 18.2 Å². The number of Topliss-reactive ketones (excluding diaryl/α,β-unsaturated/α-hetero) is 1. The zero-order chi connectivity index (χ0) is 11.6. The summed E-state index contributed by atoms with van der Waals surface area (Å²) in [6, 6.07) is 3.12. The number of hydrogen-bond acceptors (Lipinski definition) is 2. The van der Waals surface area contributed by atoms with Gasteiger partial charge in [-0.3, -0.25) is 4.79 Å². The second kappa shape index (κ2) is 4.16. The molecule has 0 saturated heterocycles. The SMILES string of the molecule is CC(=O)c1ccc(C(F)F)c(C(=O)O)c1. The molecule has 15 heavy (non-hydrogen) atoms. The lowest BCUT2D eigenvalue weighted by Gasteiger charge is -2.06. The molecular formula is C10H8F2O3. The average Bonchev–Trinajstić information content (AvgIpc) is 2.16. The van der Waals surface area contributed by atoms with Crippen LogP contribution in [0.5, 0.6) is 0 Å². The van der Waals surface area contributed by atoms with Crippen molar-refractivity contribution in [2.45, 2.75) is 13.3 Å². The standard InChI is InChI=1S/C10H8F2O3/c1-5(13)6-2-3-7(9(11)12)8(4-6)10(14)15/h2-4,9H,1H3,(H,14,15). The molecule has 0 aliphatic rings. The van der Waals surface area contributed by atoms with Crippen molar-refractivity contribution in [3.63, 3.8) is 0 Å². The predicted octanol–water partition coefficient (Wildman–Crippen LogP) is 2.53. The van der Waals surface area contributed by atoms with E-state index < -0.39 is 23.5 Å². The summed E-state index contributed by atoms with van der Waals surface area (Å²) in [4.78, 5) is 21.6. The number of carboxylic acid groups (broad SMARTS) is 1. The normalized spacial score (nSPS) is 10.4. The molecule has 0 saturated carbocycles. The van der Waals surface area contributed by atoms with Gasteiger partial charge < -0.3 is 5.11 Å². The smallest absolute Gasteiger partial charge is 0.336 e. The first-order valence-electron chi connectivity index (χ1n) is 4.09. The van der Waals surface area contributed by atoms with E-state index in [0.29, 0.717) is 0 Å². The van der Waals surface area contributed by atoms with Crippen LogP contribution in [-0.4, -0.2) is 16.9 Å². The van der Waals surface area contributed by atoms with Gasteiger partial charge >= 0.3 is 5.97 Å². The fraction of sp³-hybridized carbons (Fsp3) is 0.200. The number of halogens is 2. The lowest BCUT2D eigenvalue weighted by atomic mass is 10.0. The number of hydrogen-bond donors (Lipinski definition) is 1. The molecule has 0 aliphatic heterocycles. The molecule has 0 unspecified atom stereocenters. The molecule has 0 atom stereocenters. The molecule has 1 aromatic rings. The summed E-state index contributed by atoms with van der Waals surface area (Å²) in [7, 11) is 0. The predicted molar refractivity (Wildman–Crippen MR) is 48.4 cm³/mol. The minimum Gasteiger partial charge on any atom is -0.478 e. The topological polar surface area (TPSA) is 54.4 Å². The fourth-order valence-electron chi connectivity index (χ4n) is 1.15. The van der Waals surface area contributed by atoms with Crippen molar-refractivity contribution >= 4 is 11.8 Å². The Morgan fingerprint density at radius 3 is 2.33 bits per heavy atom. The Balaban J connectivity index is 3.33. The van der Waals surface area contributed by atoms with Gasteiger partial charge in [0.1, 0.15) is 0 Å². The van der Waals surface area contributed by atoms with Crippen LogP contribution in [0.2, 0.25) is 0 Å². The van der Waals surface area contributed by atoms with Gasteiger partial charge in [-0.15, -0.1) is 0 Å². The zero-order valence-electron chi connectivity index (χ0n) is 7.83. The molecule has 0 heterocycles. The molecule has 0 aliphatic carbocycles. The number of benzene rings is 1. The van der Waals surface area contributed by atoms with Crippen LogP contribution >= 0.6 is 0 Å². The third-order valence-corrected chi connectivity index (χ3v) is 1.93. The highest BCUT2D eigenvalue weighted by atomic mass is 19.3. The summed E-state index contributed by atoms with van der Waals surface area (Å²) >= 11 is 0. The molecule has 1 aromatic carbocycles. The maximum absolute atomic E-state index is 12.4. The number of ketones is 1. The van der Waals surface area contributed by atoms with E-state index in [1.807, 2.05) is 0 Å². The molecule has 5 heteroatoms. The number of aromatic carboxylic acids is 1. The number of rotatable bonds is 3. The highest BCUT2D eigenvalue weighted by molar-refractivity contribution is 5.98. The van der Waals surface area contributed by atoms with E-state index in [9.17, 15) is 18.4 Å². The van der Waals surface area contributed by atoms with Gasteiger partial charge in [0.05, 0.1) is 5.56 Å². The monoisotopic (exact) mass is 214 g/mol. The van der Waals surface area contributed by atoms with Crippen LogP contribution in [0.3, 0.4) is 0 Å². The Labute approximate surface area is 84.3 Å². The van der Waals surface area contributed by atoms with E-state index >= 15 is 0 Å². The molecule has 0 spiro atoms. The van der Waals surface area contributed by atoms with Crippen molar-refractivity contribution in [2.24, 2.45) is 0 Å². The Morgan fingerprint density at radius 1 is 1.33 bits per heavy atom. The molecule has 3 nitrogen and oxygen atoms in total. The van der Waals surface area contributed by atoms with E-state index in [0.717, 1.165) is 12.1 Å². The van der Waals surface area contributed by atoms with E-state index in [4.69, 9.17) is 5.11 Å². The van der Waals surface area contributed by atoms with Gasteiger partial charge in [-0.2, -0.15) is 0 Å². The first-order valence-corrected chi connectivity index (χ1v) is 4.09. The molecule has 0 amide bonds. The summed E-state index contributed by atoms with van der Waals surface area (Å²) in [5.41, 5.74) is -0.998. The van der Waals surface area contributed by atoms with Crippen molar-refractivity contribution in [1.82, 2.24) is 0 Å². The van der Waals surface area contributed by atoms with Crippen LogP contribution in [0, 0.1) is 0 Å². The molecule has 0 fully saturated rings. The summed E-state index contributed by atoms with van der Waals surface area (Å²) in [6.07, 6.45) is -2.86. The Kier molecular flexibility index (Phi) is 3.14. The van der Waals surface area contributed by atoms with Gasteiger partial charge in [-0.1, -0.05) is 12.1 Å². The molecule has 0 aromatic heterocycles. The second-order valence-electron chi connectivity index (χ2n) is 2.96. The van der Waals surface area contributed by atoms with Gasteiger partial charge in [0, 0.05) is 11.1 Å². The molecular weight excluding hydrogens is 206 g/mol. The van der Waals surface area contributed by atoms with Gasteiger partial charge in [0.15, 0.2) is 5.78 Å². The van der Waals surface area contributed by atoms with Gasteiger partial charge in [-0.25, -0.2) is 13.6 Å². The summed E-state index contributed by atoms with van der Waals surface area (Å²) in [5, 5.41) is 8.68. The average molecular weight is 214 g/mol. The number of alkyl halides is 2. The van der Waals surface area contributed by atoms with Crippen molar-refractivity contribution in [3.8, 4) is 0 Å². The second-order valence-corrected chi connectivity index (χ2v) is 2.96. The summed E-state index contributed by atoms with van der Waals surface area (Å²) in [5.74, 6) is -1.83. The Bertz CT molecular complexity index is 413. The molecule has 0 radical (unpaired) electrons. The van der Waals surface area contributed by atoms with Crippen molar-refractivity contribution in [2.75, 3.05) is 0 Å². The fourth-order valence-corrected chi connectivity index (χ4v) is 1.15. The van der Waals surface area contributed by atoms with Crippen LogP contribution in [0.4, 0.5) is 8.78 Å². The van der Waals surface area contributed by atoms with Crippen molar-refractivity contribution in [3.05, 3.63) is 34.9 Å². The van der Waals surface area contributed by atoms with E-state index in [-0.39, 0.29) is 11.3 Å². The first kappa shape index (κ1) is 11.3. The minimum absolute atomic E-state index is 0.108. The van der Waals surface area contributed by atoms with Crippen molar-refractivity contribution < 1.29 is 23.5 Å². The Hall–Kier alpha value is -1.78. The highest BCUT2D eigenvalue weighted by Crippen LogP contribution is 2.24. The quantitative estimate of drug-likeness (QED) is 0.786. The molecule has 1 rings (SSSR count). The van der Waals surface area contributed by atoms with E-state index in [2.05, 4.69) is 0 Å². The van der Waals surface area contributed by atoms with E-state index in [1.54, 1.807) is 0 Å². The largest absolute Gasteiger partial charge is 0.478 e. The number of carbonyl (C=O) groups excluding carboxylic acids is 1. The maximum atomic E-state index is 12.4. The number of carbonyl (C=O) groups is 2. The molecule has 0 bridgehead atoms. The zero-order valence-corrected chi connectivity index (χ0v) is 7.83. The van der Waals surface area contributed by atoms with E-state index in [1.165, 1.54) is 13.0 Å². The van der Waals surface area contributed by atoms with Gasteiger partial charge in [-0.05, 0) is 13.0 Å². The summed E-state index contributed by atoms with van der Waals surface area (Å²) in [6.45, 7) is 1.24. The van der Waals surface area contributed by atoms with Crippen molar-refractivity contribution in [1.29, 1.82) is 0 Å². The first-order chi connectivity index (χ1) is 6.93. The third-order valence-electron chi connectivity index (χ3n) is 1.93. The van der Waals surface area contributed by atoms with Crippen LogP contribution < -0.4 is 0 Å². The summed E-state index contributed by atoms with van der Waals surface area (Å²) < 4.78 is 24.7. The highest BCUT2D eigenvalue weighted by Gasteiger charge is 2.18.